The van der Waals surface area contributed by atoms with Crippen molar-refractivity contribution >= 4 is 0 Å². The maximum atomic E-state index is 5.76. The first-order valence-electron chi connectivity index (χ1n) is 5.36. The van der Waals surface area contributed by atoms with Gasteiger partial charge in [-0.2, -0.15) is 0 Å². The number of hydrogen-bond acceptors (Lipinski definition) is 2. The molecule has 0 fully saturated rings. The van der Waals surface area contributed by atoms with Crippen LogP contribution in [0.1, 0.15) is 24.5 Å². The Morgan fingerprint density at radius 1 is 1.29 bits per heavy atom. The molecule has 2 rings (SSSR count). The molecule has 1 aliphatic rings. The van der Waals surface area contributed by atoms with Gasteiger partial charge in [-0.15, -0.1) is 0 Å². The van der Waals surface area contributed by atoms with E-state index in [4.69, 9.17) is 5.73 Å². The van der Waals surface area contributed by atoms with Gasteiger partial charge in [-0.05, 0) is 17.5 Å². The minimum atomic E-state index is 0.544. The van der Waals surface area contributed by atoms with Gasteiger partial charge in [-0.25, -0.2) is 0 Å². The van der Waals surface area contributed by atoms with Crippen LogP contribution in [-0.4, -0.2) is 17.5 Å². The van der Waals surface area contributed by atoms with Gasteiger partial charge >= 0.3 is 0 Å². The van der Waals surface area contributed by atoms with E-state index in [0.717, 1.165) is 26.1 Å². The highest BCUT2D eigenvalue weighted by Crippen LogP contribution is 2.24. The fourth-order valence-corrected chi connectivity index (χ4v) is 2.19. The van der Waals surface area contributed by atoms with Gasteiger partial charge in [0.2, 0.25) is 0 Å². The number of nitrogens with two attached hydrogens (primary N) is 1. The van der Waals surface area contributed by atoms with Gasteiger partial charge in [0.25, 0.3) is 0 Å². The van der Waals surface area contributed by atoms with E-state index in [1.165, 1.54) is 11.1 Å². The van der Waals surface area contributed by atoms with E-state index in [1.54, 1.807) is 0 Å². The molecular weight excluding hydrogens is 172 g/mol. The average Bonchev–Trinajstić information content (AvgIpc) is 2.63. The van der Waals surface area contributed by atoms with Gasteiger partial charge in [0.15, 0.2) is 0 Å². The van der Waals surface area contributed by atoms with Gasteiger partial charge in [0, 0.05) is 25.7 Å². The van der Waals surface area contributed by atoms with E-state index >= 15 is 0 Å². The lowest BCUT2D eigenvalue weighted by Gasteiger charge is -2.24. The fraction of sp³-hybridized carbons (Fsp3) is 0.500. The van der Waals surface area contributed by atoms with E-state index in [-0.39, 0.29) is 0 Å². The zero-order valence-corrected chi connectivity index (χ0v) is 8.74. The maximum absolute atomic E-state index is 5.76. The maximum Gasteiger partial charge on any atom is 0.0243 e. The first kappa shape index (κ1) is 9.69. The predicted octanol–water partition coefficient (Wildman–Crippen LogP) is 1.74. The summed E-state index contributed by atoms with van der Waals surface area (Å²) in [5, 5.41) is 0. The van der Waals surface area contributed by atoms with E-state index < -0.39 is 0 Å². The summed E-state index contributed by atoms with van der Waals surface area (Å²) in [7, 11) is 0. The average molecular weight is 190 g/mol. The second-order valence-corrected chi connectivity index (χ2v) is 3.97. The van der Waals surface area contributed by atoms with E-state index in [0.29, 0.717) is 6.04 Å². The Labute approximate surface area is 85.7 Å². The van der Waals surface area contributed by atoms with Gasteiger partial charge in [0.05, 0.1) is 0 Å². The van der Waals surface area contributed by atoms with Crippen LogP contribution in [0.4, 0.5) is 0 Å². The Kier molecular flexibility index (Phi) is 2.85. The van der Waals surface area contributed by atoms with Gasteiger partial charge in [-0.1, -0.05) is 31.2 Å². The smallest absolute Gasteiger partial charge is 0.0243 e. The number of benzene rings is 1. The van der Waals surface area contributed by atoms with Crippen LogP contribution in [0.25, 0.3) is 0 Å². The summed E-state index contributed by atoms with van der Waals surface area (Å²) in [6.45, 7) is 5.13. The molecule has 0 aromatic heterocycles. The molecule has 2 nitrogen and oxygen atoms in total. The molecule has 0 bridgehead atoms. The standard InChI is InChI=1S/C12H18N2/c1-2-12(7-13)14-8-10-5-3-4-6-11(10)9-14/h3-6,12H,2,7-9,13H2,1H3. The zero-order valence-electron chi connectivity index (χ0n) is 8.74. The lowest BCUT2D eigenvalue weighted by Crippen LogP contribution is -2.36. The Balaban J connectivity index is 2.11. The SMILES string of the molecule is CCC(CN)N1Cc2ccccc2C1. The highest BCUT2D eigenvalue weighted by atomic mass is 15.2. The van der Waals surface area contributed by atoms with Crippen molar-refractivity contribution in [3.8, 4) is 0 Å². The van der Waals surface area contributed by atoms with Crippen LogP contribution >= 0.6 is 0 Å². The summed E-state index contributed by atoms with van der Waals surface area (Å²) >= 11 is 0. The minimum Gasteiger partial charge on any atom is -0.329 e. The molecule has 0 saturated carbocycles. The van der Waals surface area contributed by atoms with E-state index in [1.807, 2.05) is 0 Å². The summed E-state index contributed by atoms with van der Waals surface area (Å²) < 4.78 is 0. The number of rotatable bonds is 3. The van der Waals surface area contributed by atoms with Gasteiger partial charge in [0.1, 0.15) is 0 Å². The Morgan fingerprint density at radius 3 is 2.29 bits per heavy atom. The fourth-order valence-electron chi connectivity index (χ4n) is 2.19. The van der Waals surface area contributed by atoms with Crippen LogP contribution in [0.2, 0.25) is 0 Å². The molecule has 76 valence electrons. The molecule has 0 spiro atoms. The van der Waals surface area contributed by atoms with Crippen LogP contribution < -0.4 is 5.73 Å². The summed E-state index contributed by atoms with van der Waals surface area (Å²) in [6.07, 6.45) is 1.14. The molecule has 1 aromatic carbocycles. The quantitative estimate of drug-likeness (QED) is 0.786. The zero-order chi connectivity index (χ0) is 9.97. The molecule has 1 heterocycles. The lowest BCUT2D eigenvalue weighted by atomic mass is 10.1. The second-order valence-electron chi connectivity index (χ2n) is 3.97. The first-order chi connectivity index (χ1) is 6.85. The Bertz CT molecular complexity index is 280. The Hall–Kier alpha value is -0.860. The van der Waals surface area contributed by atoms with Crippen molar-refractivity contribution in [2.24, 2.45) is 5.73 Å². The molecule has 2 heteroatoms. The third-order valence-electron chi connectivity index (χ3n) is 3.12. The largest absolute Gasteiger partial charge is 0.329 e. The summed E-state index contributed by atoms with van der Waals surface area (Å²) in [6, 6.07) is 9.22. The van der Waals surface area contributed by atoms with E-state index in [2.05, 4.69) is 36.1 Å². The molecule has 2 N–H and O–H groups in total. The molecule has 1 aliphatic heterocycles. The van der Waals surface area contributed by atoms with Crippen molar-refractivity contribution in [2.75, 3.05) is 6.54 Å². The summed E-state index contributed by atoms with van der Waals surface area (Å²) in [5.74, 6) is 0. The first-order valence-corrected chi connectivity index (χ1v) is 5.36. The van der Waals surface area contributed by atoms with Gasteiger partial charge in [-0.3, -0.25) is 4.90 Å². The Morgan fingerprint density at radius 2 is 1.86 bits per heavy atom. The molecule has 1 aromatic rings. The van der Waals surface area contributed by atoms with Crippen molar-refractivity contribution in [1.29, 1.82) is 0 Å². The second kappa shape index (κ2) is 4.11. The molecule has 1 unspecified atom stereocenters. The van der Waals surface area contributed by atoms with Crippen LogP contribution in [0.15, 0.2) is 24.3 Å². The van der Waals surface area contributed by atoms with Crippen molar-refractivity contribution in [2.45, 2.75) is 32.5 Å². The molecule has 0 saturated heterocycles. The van der Waals surface area contributed by atoms with Crippen LogP contribution in [-0.2, 0) is 13.1 Å². The molecule has 0 aliphatic carbocycles. The highest BCUT2D eigenvalue weighted by Gasteiger charge is 2.23. The lowest BCUT2D eigenvalue weighted by molar-refractivity contribution is 0.198. The van der Waals surface area contributed by atoms with Crippen LogP contribution in [0.3, 0.4) is 0 Å². The minimum absolute atomic E-state index is 0.544. The molecule has 14 heavy (non-hydrogen) atoms. The third kappa shape index (κ3) is 1.68. The topological polar surface area (TPSA) is 29.3 Å². The summed E-state index contributed by atoms with van der Waals surface area (Å²) in [5.41, 5.74) is 8.70. The molecule has 0 amide bonds. The van der Waals surface area contributed by atoms with Crippen molar-refractivity contribution in [3.63, 3.8) is 0 Å². The highest BCUT2D eigenvalue weighted by molar-refractivity contribution is 5.30. The monoisotopic (exact) mass is 190 g/mol. The van der Waals surface area contributed by atoms with Crippen molar-refractivity contribution in [3.05, 3.63) is 35.4 Å². The summed E-state index contributed by atoms with van der Waals surface area (Å²) in [4.78, 5) is 2.48. The number of fused-ring (bicyclic) bond motifs is 1. The van der Waals surface area contributed by atoms with Crippen LogP contribution in [0, 0.1) is 0 Å². The van der Waals surface area contributed by atoms with Crippen LogP contribution in [0.5, 0.6) is 0 Å². The molecule has 0 radical (unpaired) electrons. The predicted molar refractivity (Wildman–Crippen MR) is 58.8 cm³/mol. The molecule has 1 atom stereocenters. The van der Waals surface area contributed by atoms with Crippen molar-refractivity contribution < 1.29 is 0 Å². The van der Waals surface area contributed by atoms with E-state index in [9.17, 15) is 0 Å². The normalized spacial score (nSPS) is 18.1. The van der Waals surface area contributed by atoms with Gasteiger partial charge < -0.3 is 5.73 Å². The molecular formula is C12H18N2. The number of nitrogens with zero attached hydrogens (tertiary/aromatic N) is 1. The third-order valence-corrected chi connectivity index (χ3v) is 3.12. The van der Waals surface area contributed by atoms with Crippen molar-refractivity contribution in [1.82, 2.24) is 4.90 Å². The number of hydrogen-bond donors (Lipinski definition) is 1.